The lowest BCUT2D eigenvalue weighted by Gasteiger charge is -2.15. The highest BCUT2D eigenvalue weighted by atomic mass is 16.5. The first-order chi connectivity index (χ1) is 11.0. The van der Waals surface area contributed by atoms with Crippen molar-refractivity contribution < 1.29 is 14.3 Å². The average molecular weight is 311 g/mol. The van der Waals surface area contributed by atoms with Crippen molar-refractivity contribution >= 4 is 17.7 Å². The molecule has 2 aromatic carbocycles. The summed E-state index contributed by atoms with van der Waals surface area (Å²) in [4.78, 5) is 13.9. The Hall–Kier alpha value is -2.75. The van der Waals surface area contributed by atoms with Crippen LogP contribution >= 0.6 is 0 Å². The lowest BCUT2D eigenvalue weighted by atomic mass is 10.1. The highest BCUT2D eigenvalue weighted by Crippen LogP contribution is 2.28. The fourth-order valence-electron chi connectivity index (χ4n) is 2.20. The van der Waals surface area contributed by atoms with Crippen LogP contribution in [0.4, 0.5) is 5.69 Å². The molecule has 4 nitrogen and oxygen atoms in total. The molecule has 0 radical (unpaired) electrons. The second kappa shape index (κ2) is 7.49. The molecule has 0 heterocycles. The van der Waals surface area contributed by atoms with Crippen molar-refractivity contribution in [3.05, 3.63) is 59.7 Å². The predicted octanol–water partition coefficient (Wildman–Crippen LogP) is 3.69. The van der Waals surface area contributed by atoms with Crippen LogP contribution in [0.3, 0.4) is 0 Å². The highest BCUT2D eigenvalue weighted by molar-refractivity contribution is 6.03. The van der Waals surface area contributed by atoms with Crippen molar-refractivity contribution in [3.8, 4) is 11.5 Å². The third-order valence-corrected chi connectivity index (χ3v) is 3.55. The van der Waals surface area contributed by atoms with Crippen LogP contribution < -0.4 is 14.4 Å². The summed E-state index contributed by atoms with van der Waals surface area (Å²) in [6, 6.07) is 13.3. The minimum Gasteiger partial charge on any atom is -0.493 e. The fourth-order valence-corrected chi connectivity index (χ4v) is 2.20. The quantitative estimate of drug-likeness (QED) is 0.791. The molecule has 0 aromatic heterocycles. The first-order valence-electron chi connectivity index (χ1n) is 7.29. The molecule has 0 bridgehead atoms. The number of anilines is 1. The van der Waals surface area contributed by atoms with Crippen LogP contribution in [0.2, 0.25) is 0 Å². The lowest BCUT2D eigenvalue weighted by Crippen LogP contribution is -2.23. The van der Waals surface area contributed by atoms with Crippen LogP contribution in [0.25, 0.3) is 6.08 Å². The van der Waals surface area contributed by atoms with Crippen LogP contribution in [-0.2, 0) is 4.79 Å². The first kappa shape index (κ1) is 16.6. The van der Waals surface area contributed by atoms with Crippen LogP contribution in [0.1, 0.15) is 11.1 Å². The number of likely N-dealkylation sites (N-methyl/N-ethyl adjacent to an activating group) is 1. The summed E-state index contributed by atoms with van der Waals surface area (Å²) in [7, 11) is 4.94. The molecule has 0 aliphatic heterocycles. The Morgan fingerprint density at radius 2 is 1.78 bits per heavy atom. The van der Waals surface area contributed by atoms with Crippen molar-refractivity contribution in [2.75, 3.05) is 26.2 Å². The molecule has 0 unspecified atom stereocenters. The van der Waals surface area contributed by atoms with Gasteiger partial charge in [0.1, 0.15) is 0 Å². The van der Waals surface area contributed by atoms with Crippen molar-refractivity contribution in [3.63, 3.8) is 0 Å². The Kier molecular flexibility index (Phi) is 5.41. The summed E-state index contributed by atoms with van der Waals surface area (Å²) in [6.07, 6.45) is 3.31. The van der Waals surface area contributed by atoms with E-state index < -0.39 is 0 Å². The summed E-state index contributed by atoms with van der Waals surface area (Å²) in [5, 5.41) is 0. The minimum absolute atomic E-state index is 0.0922. The van der Waals surface area contributed by atoms with Crippen molar-refractivity contribution in [2.24, 2.45) is 0 Å². The fraction of sp³-hybridized carbons (Fsp3) is 0.211. The van der Waals surface area contributed by atoms with Gasteiger partial charge in [-0.3, -0.25) is 4.79 Å². The number of rotatable bonds is 5. The lowest BCUT2D eigenvalue weighted by molar-refractivity contribution is -0.113. The van der Waals surface area contributed by atoms with E-state index in [1.807, 2.05) is 49.4 Å². The maximum atomic E-state index is 12.3. The van der Waals surface area contributed by atoms with E-state index in [-0.39, 0.29) is 5.91 Å². The van der Waals surface area contributed by atoms with E-state index in [0.717, 1.165) is 16.8 Å². The van der Waals surface area contributed by atoms with E-state index in [4.69, 9.17) is 9.47 Å². The summed E-state index contributed by atoms with van der Waals surface area (Å²) >= 11 is 0. The molecule has 0 aliphatic rings. The number of amides is 1. The van der Waals surface area contributed by atoms with Gasteiger partial charge in [0.25, 0.3) is 5.91 Å². The number of hydrogen-bond donors (Lipinski definition) is 0. The normalized spacial score (nSPS) is 10.6. The van der Waals surface area contributed by atoms with Crippen LogP contribution in [-0.4, -0.2) is 27.2 Å². The smallest absolute Gasteiger partial charge is 0.250 e. The molecule has 120 valence electrons. The van der Waals surface area contributed by atoms with E-state index in [2.05, 4.69) is 0 Å². The Morgan fingerprint density at radius 3 is 2.43 bits per heavy atom. The van der Waals surface area contributed by atoms with E-state index in [0.29, 0.717) is 11.5 Å². The Bertz CT molecular complexity index is 722. The monoisotopic (exact) mass is 311 g/mol. The van der Waals surface area contributed by atoms with Gasteiger partial charge in [0.2, 0.25) is 0 Å². The molecule has 0 saturated heterocycles. The molecule has 4 heteroatoms. The average Bonchev–Trinajstić information content (AvgIpc) is 2.58. The zero-order chi connectivity index (χ0) is 16.8. The van der Waals surface area contributed by atoms with Gasteiger partial charge in [-0.1, -0.05) is 18.2 Å². The maximum absolute atomic E-state index is 12.3. The summed E-state index contributed by atoms with van der Waals surface area (Å²) in [5.41, 5.74) is 2.85. The van der Waals surface area contributed by atoms with Crippen molar-refractivity contribution in [1.82, 2.24) is 0 Å². The van der Waals surface area contributed by atoms with Gasteiger partial charge in [0, 0.05) is 18.8 Å². The van der Waals surface area contributed by atoms with Gasteiger partial charge in [-0.05, 0) is 48.4 Å². The molecule has 0 spiro atoms. The Balaban J connectivity index is 2.14. The maximum Gasteiger partial charge on any atom is 0.250 e. The van der Waals surface area contributed by atoms with Gasteiger partial charge in [0.05, 0.1) is 14.2 Å². The minimum atomic E-state index is -0.0922. The van der Waals surface area contributed by atoms with Crippen LogP contribution in [0, 0.1) is 6.92 Å². The van der Waals surface area contributed by atoms with E-state index in [1.54, 1.807) is 38.3 Å². The number of carbonyl (C=O) groups excluding carboxylic acids is 1. The predicted molar refractivity (Wildman–Crippen MR) is 93.2 cm³/mol. The van der Waals surface area contributed by atoms with Gasteiger partial charge in [-0.2, -0.15) is 0 Å². The zero-order valence-electron chi connectivity index (χ0n) is 13.9. The standard InChI is InChI=1S/C19H21NO3/c1-14-6-5-7-16(12-14)20(2)19(21)11-9-15-8-10-17(22-3)18(13-15)23-4/h5-13H,1-4H3/b11-9+. The molecule has 0 N–H and O–H groups in total. The molecule has 0 saturated carbocycles. The van der Waals surface area contributed by atoms with Gasteiger partial charge < -0.3 is 14.4 Å². The van der Waals surface area contributed by atoms with Crippen LogP contribution in [0.15, 0.2) is 48.5 Å². The van der Waals surface area contributed by atoms with Gasteiger partial charge in [-0.15, -0.1) is 0 Å². The molecular formula is C19H21NO3. The topological polar surface area (TPSA) is 38.8 Å². The van der Waals surface area contributed by atoms with Crippen molar-refractivity contribution in [2.45, 2.75) is 6.92 Å². The molecule has 1 amide bonds. The number of nitrogens with zero attached hydrogens (tertiary/aromatic N) is 1. The number of benzene rings is 2. The number of ether oxygens (including phenoxy) is 2. The van der Waals surface area contributed by atoms with E-state index in [9.17, 15) is 4.79 Å². The van der Waals surface area contributed by atoms with Gasteiger partial charge in [-0.25, -0.2) is 0 Å². The second-order valence-corrected chi connectivity index (χ2v) is 5.18. The second-order valence-electron chi connectivity index (χ2n) is 5.18. The zero-order valence-corrected chi connectivity index (χ0v) is 13.9. The molecule has 0 aliphatic carbocycles. The van der Waals surface area contributed by atoms with Crippen molar-refractivity contribution in [1.29, 1.82) is 0 Å². The first-order valence-corrected chi connectivity index (χ1v) is 7.29. The molecule has 2 rings (SSSR count). The Morgan fingerprint density at radius 1 is 1.04 bits per heavy atom. The van der Waals surface area contributed by atoms with Crippen LogP contribution in [0.5, 0.6) is 11.5 Å². The molecule has 23 heavy (non-hydrogen) atoms. The largest absolute Gasteiger partial charge is 0.493 e. The van der Waals surface area contributed by atoms with E-state index in [1.165, 1.54) is 0 Å². The summed E-state index contributed by atoms with van der Waals surface area (Å²) < 4.78 is 10.5. The summed E-state index contributed by atoms with van der Waals surface area (Å²) in [6.45, 7) is 2.00. The van der Waals surface area contributed by atoms with E-state index >= 15 is 0 Å². The number of aryl methyl sites for hydroxylation is 1. The molecule has 0 fully saturated rings. The molecule has 2 aromatic rings. The number of methoxy groups -OCH3 is 2. The Labute approximate surface area is 137 Å². The van der Waals surface area contributed by atoms with Gasteiger partial charge in [0.15, 0.2) is 11.5 Å². The molecular weight excluding hydrogens is 290 g/mol. The highest BCUT2D eigenvalue weighted by Gasteiger charge is 2.08. The molecule has 0 atom stereocenters. The SMILES string of the molecule is COc1ccc(/C=C/C(=O)N(C)c2cccc(C)c2)cc1OC. The third kappa shape index (κ3) is 4.13. The number of carbonyl (C=O) groups is 1. The third-order valence-electron chi connectivity index (χ3n) is 3.55. The summed E-state index contributed by atoms with van der Waals surface area (Å²) in [5.74, 6) is 1.20. The number of hydrogen-bond acceptors (Lipinski definition) is 3. The van der Waals surface area contributed by atoms with Gasteiger partial charge >= 0.3 is 0 Å².